The number of anilines is 1. The van der Waals surface area contributed by atoms with Crippen LogP contribution in [0.5, 0.6) is 0 Å². The second kappa shape index (κ2) is 9.41. The van der Waals surface area contributed by atoms with Crippen molar-refractivity contribution < 1.29 is 24.2 Å². The third-order valence-electron chi connectivity index (χ3n) is 7.63. The van der Waals surface area contributed by atoms with Gasteiger partial charge in [0.15, 0.2) is 0 Å². The molecule has 2 N–H and O–H groups in total. The zero-order chi connectivity index (χ0) is 24.9. The van der Waals surface area contributed by atoms with E-state index in [4.69, 9.17) is 4.74 Å². The minimum atomic E-state index is -0.807. The monoisotopic (exact) mass is 560 g/mol. The molecule has 3 fully saturated rings. The van der Waals surface area contributed by atoms with Gasteiger partial charge in [0, 0.05) is 15.8 Å². The van der Waals surface area contributed by atoms with Crippen LogP contribution in [0.15, 0.2) is 42.5 Å². The van der Waals surface area contributed by atoms with E-state index in [9.17, 15) is 19.5 Å². The predicted octanol–water partition coefficient (Wildman–Crippen LogP) is 3.58. The van der Waals surface area contributed by atoms with E-state index in [1.807, 2.05) is 49.4 Å². The molecule has 1 spiro atoms. The summed E-state index contributed by atoms with van der Waals surface area (Å²) in [6.45, 7) is 3.62. The third-order valence-corrected chi connectivity index (χ3v) is 10.8. The number of carbonyl (C=O) groups is 3. The Morgan fingerprint density at radius 2 is 2.00 bits per heavy atom. The van der Waals surface area contributed by atoms with Gasteiger partial charge in [0.1, 0.15) is 6.04 Å². The number of carbonyl (C=O) groups excluding carboxylic acids is 3. The van der Waals surface area contributed by atoms with Crippen molar-refractivity contribution in [3.63, 3.8) is 0 Å². The van der Waals surface area contributed by atoms with Gasteiger partial charge in [0.2, 0.25) is 11.8 Å². The molecule has 0 aliphatic carbocycles. The molecule has 3 saturated heterocycles. The Morgan fingerprint density at radius 3 is 2.69 bits per heavy atom. The maximum atomic E-state index is 13.9. The fourth-order valence-corrected chi connectivity index (χ4v) is 9.75. The first kappa shape index (κ1) is 24.6. The van der Waals surface area contributed by atoms with Gasteiger partial charge < -0.3 is 20.1 Å². The summed E-state index contributed by atoms with van der Waals surface area (Å²) >= 11 is 5.29. The molecule has 9 heteroatoms. The molecule has 2 aromatic carbocycles. The minimum Gasteiger partial charge on any atom is -0.466 e. The zero-order valence-corrected chi connectivity index (χ0v) is 22.1. The summed E-state index contributed by atoms with van der Waals surface area (Å²) in [4.78, 5) is 42.4. The van der Waals surface area contributed by atoms with Crippen LogP contribution in [-0.2, 0) is 19.1 Å². The second-order valence-corrected chi connectivity index (χ2v) is 12.2. The van der Waals surface area contributed by atoms with Crippen molar-refractivity contribution in [1.29, 1.82) is 0 Å². The number of hydrogen-bond acceptors (Lipinski definition) is 6. The molecule has 2 bridgehead atoms. The molecular formula is C26H29BrN2O5S. The molecule has 7 nitrogen and oxygen atoms in total. The van der Waals surface area contributed by atoms with Crippen LogP contribution in [-0.4, -0.2) is 67.9 Å². The first-order valence-electron chi connectivity index (χ1n) is 12.1. The van der Waals surface area contributed by atoms with Gasteiger partial charge in [0.05, 0.1) is 35.8 Å². The fraction of sp³-hybridized carbons (Fsp3) is 0.500. The first-order valence-corrected chi connectivity index (χ1v) is 13.9. The number of aliphatic hydroxyl groups excluding tert-OH is 1. The van der Waals surface area contributed by atoms with E-state index in [1.165, 1.54) is 0 Å². The highest BCUT2D eigenvalue weighted by Gasteiger charge is 2.76. The lowest BCUT2D eigenvalue weighted by atomic mass is 9.71. The number of fused-ring (bicyclic) bond motifs is 2. The van der Waals surface area contributed by atoms with Crippen molar-refractivity contribution in [2.24, 2.45) is 11.8 Å². The molecule has 186 valence electrons. The summed E-state index contributed by atoms with van der Waals surface area (Å²) in [7, 11) is 0. The van der Waals surface area contributed by atoms with Crippen LogP contribution in [0.2, 0.25) is 0 Å². The number of rotatable bonds is 7. The Morgan fingerprint density at radius 1 is 1.26 bits per heavy atom. The molecule has 2 aromatic rings. The molecule has 35 heavy (non-hydrogen) atoms. The van der Waals surface area contributed by atoms with Crippen LogP contribution in [0, 0.1) is 11.8 Å². The molecule has 7 atom stereocenters. The van der Waals surface area contributed by atoms with Crippen molar-refractivity contribution in [3.05, 3.63) is 42.5 Å². The van der Waals surface area contributed by atoms with Crippen LogP contribution in [0.3, 0.4) is 0 Å². The van der Waals surface area contributed by atoms with Crippen molar-refractivity contribution in [2.75, 3.05) is 18.5 Å². The number of nitrogens with zero attached hydrogens (tertiary/aromatic N) is 1. The van der Waals surface area contributed by atoms with Gasteiger partial charge in [-0.15, -0.1) is 11.8 Å². The Bertz CT molecular complexity index is 1170. The van der Waals surface area contributed by atoms with Gasteiger partial charge in [-0.1, -0.05) is 53.2 Å². The zero-order valence-electron chi connectivity index (χ0n) is 19.6. The third kappa shape index (κ3) is 3.78. The first-order chi connectivity index (χ1) is 16.9. The molecule has 5 rings (SSSR count). The highest BCUT2D eigenvalue weighted by atomic mass is 79.9. The normalized spacial score (nSPS) is 32.1. The summed E-state index contributed by atoms with van der Waals surface area (Å²) in [5, 5.41) is 15.1. The van der Waals surface area contributed by atoms with E-state index >= 15 is 0 Å². The summed E-state index contributed by atoms with van der Waals surface area (Å²) in [5.41, 5.74) is 0.646. The van der Waals surface area contributed by atoms with E-state index < -0.39 is 28.7 Å². The lowest BCUT2D eigenvalue weighted by Gasteiger charge is -2.37. The number of aliphatic hydroxyl groups is 1. The maximum absolute atomic E-state index is 13.9. The number of likely N-dealkylation sites (tertiary alicyclic amines) is 1. The summed E-state index contributed by atoms with van der Waals surface area (Å²) < 4.78 is 4.60. The van der Waals surface area contributed by atoms with E-state index in [0.717, 1.165) is 10.8 Å². The number of ether oxygens (including phenoxy) is 1. The maximum Gasteiger partial charge on any atom is 0.310 e. The van der Waals surface area contributed by atoms with E-state index in [2.05, 4.69) is 21.2 Å². The average molecular weight is 561 g/mol. The quantitative estimate of drug-likeness (QED) is 0.397. The van der Waals surface area contributed by atoms with Gasteiger partial charge in [-0.25, -0.2) is 0 Å². The Hall–Kier alpha value is -2.10. The Labute approximate surface area is 217 Å². The van der Waals surface area contributed by atoms with E-state index in [-0.39, 0.29) is 41.1 Å². The predicted molar refractivity (Wildman–Crippen MR) is 139 cm³/mol. The van der Waals surface area contributed by atoms with Crippen LogP contribution >= 0.6 is 27.7 Å². The molecule has 2 amide bonds. The summed E-state index contributed by atoms with van der Waals surface area (Å²) in [6.07, 6.45) is 1.09. The molecule has 3 heterocycles. The Balaban J connectivity index is 1.54. The van der Waals surface area contributed by atoms with Gasteiger partial charge >= 0.3 is 5.97 Å². The fourth-order valence-electron chi connectivity index (χ4n) is 6.16. The van der Waals surface area contributed by atoms with Crippen molar-refractivity contribution in [3.8, 4) is 0 Å². The number of benzene rings is 2. The second-order valence-electron chi connectivity index (χ2n) is 9.46. The molecule has 0 radical (unpaired) electrons. The average Bonchev–Trinajstić information content (AvgIpc) is 3.44. The van der Waals surface area contributed by atoms with Crippen LogP contribution in [0.25, 0.3) is 10.8 Å². The van der Waals surface area contributed by atoms with Gasteiger partial charge in [-0.2, -0.15) is 0 Å². The lowest BCUT2D eigenvalue weighted by Crippen LogP contribution is -2.55. The van der Waals surface area contributed by atoms with Gasteiger partial charge in [-0.3, -0.25) is 14.4 Å². The Kier molecular flexibility index (Phi) is 6.61. The van der Waals surface area contributed by atoms with Gasteiger partial charge in [-0.05, 0) is 42.7 Å². The van der Waals surface area contributed by atoms with Crippen molar-refractivity contribution in [2.45, 2.75) is 53.6 Å². The number of esters is 1. The standard InChI is InChI=1S/C26H29BrN2O5S/c1-3-17(13-30)29-22(23(31)28-16-10-9-14-7-5-6-8-15(14)11-16)26-12-18(27)21(35-26)19(20(26)24(29)32)25(33)34-4-2/h5-11,17-22,30H,3-4,12-13H2,1-2H3,(H,28,31)/t17-,18?,19+,20-,21+,22?,26?/m0/s1. The highest BCUT2D eigenvalue weighted by molar-refractivity contribution is 9.09. The summed E-state index contributed by atoms with van der Waals surface area (Å²) in [5.74, 6) is -2.19. The topological polar surface area (TPSA) is 95.9 Å². The van der Waals surface area contributed by atoms with Crippen molar-refractivity contribution >= 4 is 61.9 Å². The summed E-state index contributed by atoms with van der Waals surface area (Å²) in [6, 6.07) is 12.3. The van der Waals surface area contributed by atoms with Crippen LogP contribution < -0.4 is 5.32 Å². The van der Waals surface area contributed by atoms with E-state index in [0.29, 0.717) is 18.5 Å². The number of hydrogen-bond donors (Lipinski definition) is 2. The molecular weight excluding hydrogens is 532 g/mol. The van der Waals surface area contributed by atoms with Crippen LogP contribution in [0.1, 0.15) is 26.7 Å². The van der Waals surface area contributed by atoms with Crippen molar-refractivity contribution in [1.82, 2.24) is 4.90 Å². The van der Waals surface area contributed by atoms with Gasteiger partial charge in [0.25, 0.3) is 0 Å². The number of nitrogens with one attached hydrogen (secondary N) is 1. The highest BCUT2D eigenvalue weighted by Crippen LogP contribution is 2.68. The molecule has 0 saturated carbocycles. The minimum absolute atomic E-state index is 0.0175. The molecule has 0 aromatic heterocycles. The molecule has 3 aliphatic heterocycles. The molecule has 3 unspecified atom stereocenters. The van der Waals surface area contributed by atoms with Crippen LogP contribution in [0.4, 0.5) is 5.69 Å². The SMILES string of the molecule is CCOC(=O)[C@H]1[C@@H]2SC3(CC2Br)C(C(=O)Nc2ccc4ccccc4c2)N([C@@H](CC)CO)C(=O)[C@H]13. The number of alkyl halides is 1. The number of amides is 2. The number of halogens is 1. The number of thioether (sulfide) groups is 1. The molecule has 3 aliphatic rings. The largest absolute Gasteiger partial charge is 0.466 e. The van der Waals surface area contributed by atoms with E-state index in [1.54, 1.807) is 23.6 Å². The smallest absolute Gasteiger partial charge is 0.310 e. The lowest BCUT2D eigenvalue weighted by molar-refractivity contribution is -0.154.